The van der Waals surface area contributed by atoms with Crippen molar-refractivity contribution in [2.24, 2.45) is 0 Å². The number of rotatable bonds is 3. The summed E-state index contributed by atoms with van der Waals surface area (Å²) in [5.74, 6) is 0.319. The molecule has 0 amide bonds. The van der Waals surface area contributed by atoms with E-state index in [0.717, 1.165) is 5.56 Å². The minimum atomic E-state index is -0.568. The lowest BCUT2D eigenvalue weighted by atomic mass is 9.84. The number of nitrogens with zero attached hydrogens (tertiary/aromatic N) is 4. The molecule has 0 saturated carbocycles. The van der Waals surface area contributed by atoms with Gasteiger partial charge >= 0.3 is 0 Å². The standard InChI is InChI=1S/C13H12FN5O2/c1-13(2,7-3-5-8(14)6-4-7)12-16-11(20-19-12)9-10(15)18-21-17-9/h3-6H,1-2H3,(H2,15,18). The number of anilines is 1. The molecule has 0 spiro atoms. The first-order chi connectivity index (χ1) is 9.98. The van der Waals surface area contributed by atoms with Gasteiger partial charge in [-0.15, -0.1) is 0 Å². The van der Waals surface area contributed by atoms with Gasteiger partial charge in [0.1, 0.15) is 5.82 Å². The molecule has 0 aliphatic carbocycles. The molecule has 8 heteroatoms. The fourth-order valence-corrected chi connectivity index (χ4v) is 1.91. The van der Waals surface area contributed by atoms with Crippen molar-refractivity contribution in [2.75, 3.05) is 5.73 Å². The van der Waals surface area contributed by atoms with Crippen LogP contribution in [0.3, 0.4) is 0 Å². The van der Waals surface area contributed by atoms with Gasteiger partial charge in [0.05, 0.1) is 5.41 Å². The van der Waals surface area contributed by atoms with E-state index < -0.39 is 5.41 Å². The van der Waals surface area contributed by atoms with Gasteiger partial charge in [0.15, 0.2) is 5.82 Å². The third kappa shape index (κ3) is 2.24. The zero-order valence-electron chi connectivity index (χ0n) is 11.4. The highest BCUT2D eigenvalue weighted by Gasteiger charge is 2.30. The predicted molar refractivity (Wildman–Crippen MR) is 70.5 cm³/mol. The average Bonchev–Trinajstić information content (AvgIpc) is 3.07. The summed E-state index contributed by atoms with van der Waals surface area (Å²) < 4.78 is 22.7. The molecule has 1 aromatic carbocycles. The molecule has 0 unspecified atom stereocenters. The van der Waals surface area contributed by atoms with Gasteiger partial charge in [-0.3, -0.25) is 0 Å². The van der Waals surface area contributed by atoms with E-state index in [0.29, 0.717) is 5.82 Å². The molecule has 0 fully saturated rings. The molecule has 108 valence electrons. The Hall–Kier alpha value is -2.77. The molecule has 21 heavy (non-hydrogen) atoms. The SMILES string of the molecule is CC(C)(c1ccc(F)cc1)c1noc(-c2nonc2N)n1. The molecule has 3 rings (SSSR count). The highest BCUT2D eigenvalue weighted by molar-refractivity contribution is 5.60. The van der Waals surface area contributed by atoms with Crippen LogP contribution >= 0.6 is 0 Å². The number of hydrogen-bond donors (Lipinski definition) is 1. The van der Waals surface area contributed by atoms with E-state index in [1.54, 1.807) is 12.1 Å². The van der Waals surface area contributed by atoms with Crippen molar-refractivity contribution in [1.82, 2.24) is 20.5 Å². The quantitative estimate of drug-likeness (QED) is 0.787. The van der Waals surface area contributed by atoms with Crippen molar-refractivity contribution < 1.29 is 13.5 Å². The molecule has 2 N–H and O–H groups in total. The number of aromatic nitrogens is 4. The lowest BCUT2D eigenvalue weighted by Crippen LogP contribution is -2.20. The number of benzene rings is 1. The Kier molecular flexibility index (Phi) is 2.93. The predicted octanol–water partition coefficient (Wildman–Crippen LogP) is 2.17. The summed E-state index contributed by atoms with van der Waals surface area (Å²) in [6, 6.07) is 6.13. The maximum absolute atomic E-state index is 13.0. The molecule has 0 bridgehead atoms. The largest absolute Gasteiger partial charge is 0.379 e. The minimum Gasteiger partial charge on any atom is -0.379 e. The topological polar surface area (TPSA) is 104 Å². The van der Waals surface area contributed by atoms with Gasteiger partial charge in [-0.1, -0.05) is 17.3 Å². The van der Waals surface area contributed by atoms with Crippen molar-refractivity contribution in [3.63, 3.8) is 0 Å². The first-order valence-electron chi connectivity index (χ1n) is 6.17. The third-order valence-corrected chi connectivity index (χ3v) is 3.27. The van der Waals surface area contributed by atoms with Crippen molar-refractivity contribution >= 4 is 5.82 Å². The lowest BCUT2D eigenvalue weighted by Gasteiger charge is -2.20. The molecule has 0 aliphatic heterocycles. The van der Waals surface area contributed by atoms with Crippen LogP contribution in [0.15, 0.2) is 33.4 Å². The number of halogens is 1. The van der Waals surface area contributed by atoms with Crippen molar-refractivity contribution in [2.45, 2.75) is 19.3 Å². The molecule has 0 aliphatic rings. The van der Waals surface area contributed by atoms with Crippen LogP contribution in [0.5, 0.6) is 0 Å². The summed E-state index contributed by atoms with van der Waals surface area (Å²) in [5, 5.41) is 11.0. The van der Waals surface area contributed by atoms with Crippen LogP contribution in [0.25, 0.3) is 11.6 Å². The van der Waals surface area contributed by atoms with Crippen LogP contribution in [-0.4, -0.2) is 20.5 Å². The Morgan fingerprint density at radius 3 is 2.43 bits per heavy atom. The summed E-state index contributed by atoms with van der Waals surface area (Å²) in [6.45, 7) is 3.80. The van der Waals surface area contributed by atoms with Crippen LogP contribution in [-0.2, 0) is 5.41 Å². The van der Waals surface area contributed by atoms with Gasteiger partial charge in [0.2, 0.25) is 11.5 Å². The Bertz CT molecular complexity index is 763. The molecule has 3 aromatic rings. The van der Waals surface area contributed by atoms with Crippen molar-refractivity contribution in [3.05, 3.63) is 41.5 Å². The summed E-state index contributed by atoms with van der Waals surface area (Å²) in [4.78, 5) is 4.27. The van der Waals surface area contributed by atoms with E-state index in [1.807, 2.05) is 13.8 Å². The van der Waals surface area contributed by atoms with Gasteiger partial charge in [0.25, 0.3) is 5.89 Å². The molecule has 0 radical (unpaired) electrons. The summed E-state index contributed by atoms with van der Waals surface area (Å²) in [5.41, 5.74) is 6.06. The molecule has 2 aromatic heterocycles. The fourth-order valence-electron chi connectivity index (χ4n) is 1.91. The number of nitrogens with two attached hydrogens (primary N) is 1. The Balaban J connectivity index is 1.98. The van der Waals surface area contributed by atoms with Crippen LogP contribution in [0.4, 0.5) is 10.2 Å². The van der Waals surface area contributed by atoms with Crippen LogP contribution in [0.1, 0.15) is 25.2 Å². The van der Waals surface area contributed by atoms with Crippen molar-refractivity contribution in [1.29, 1.82) is 0 Å². The normalized spacial score (nSPS) is 11.8. The fraction of sp³-hybridized carbons (Fsp3) is 0.231. The van der Waals surface area contributed by atoms with Crippen LogP contribution in [0, 0.1) is 5.82 Å². The number of hydrogen-bond acceptors (Lipinski definition) is 7. The van der Waals surface area contributed by atoms with Gasteiger partial charge in [-0.05, 0) is 41.9 Å². The summed E-state index contributed by atoms with van der Waals surface area (Å²) in [7, 11) is 0. The van der Waals surface area contributed by atoms with Gasteiger partial charge in [-0.25, -0.2) is 9.02 Å². The second-order valence-electron chi connectivity index (χ2n) is 5.05. The highest BCUT2D eigenvalue weighted by atomic mass is 19.1. The van der Waals surface area contributed by atoms with Crippen LogP contribution < -0.4 is 5.73 Å². The molecule has 0 saturated heterocycles. The lowest BCUT2D eigenvalue weighted by molar-refractivity contribution is 0.308. The minimum absolute atomic E-state index is 0.0739. The monoisotopic (exact) mass is 289 g/mol. The van der Waals surface area contributed by atoms with E-state index in [4.69, 9.17) is 10.3 Å². The first kappa shape index (κ1) is 13.2. The number of nitrogen functional groups attached to an aromatic ring is 1. The third-order valence-electron chi connectivity index (χ3n) is 3.27. The van der Waals surface area contributed by atoms with E-state index in [2.05, 4.69) is 25.1 Å². The summed E-state index contributed by atoms with van der Waals surface area (Å²) >= 11 is 0. The average molecular weight is 289 g/mol. The maximum Gasteiger partial charge on any atom is 0.284 e. The molecule has 0 atom stereocenters. The van der Waals surface area contributed by atoms with Crippen molar-refractivity contribution in [3.8, 4) is 11.6 Å². The molecule has 7 nitrogen and oxygen atoms in total. The maximum atomic E-state index is 13.0. The van der Waals surface area contributed by atoms with E-state index in [1.165, 1.54) is 12.1 Å². The van der Waals surface area contributed by atoms with E-state index >= 15 is 0 Å². The van der Waals surface area contributed by atoms with Gasteiger partial charge in [0, 0.05) is 0 Å². The highest BCUT2D eigenvalue weighted by Crippen LogP contribution is 2.31. The first-order valence-corrected chi connectivity index (χ1v) is 6.17. The molecule has 2 heterocycles. The van der Waals surface area contributed by atoms with E-state index in [9.17, 15) is 4.39 Å². The van der Waals surface area contributed by atoms with Crippen LogP contribution in [0.2, 0.25) is 0 Å². The summed E-state index contributed by atoms with van der Waals surface area (Å²) in [6.07, 6.45) is 0. The zero-order chi connectivity index (χ0) is 15.0. The second-order valence-corrected chi connectivity index (χ2v) is 5.05. The second kappa shape index (κ2) is 4.65. The Morgan fingerprint density at radius 2 is 1.81 bits per heavy atom. The zero-order valence-corrected chi connectivity index (χ0v) is 11.4. The Labute approximate surface area is 118 Å². The van der Waals surface area contributed by atoms with Gasteiger partial charge < -0.3 is 10.3 Å². The molecular formula is C13H12FN5O2. The smallest absolute Gasteiger partial charge is 0.284 e. The molecular weight excluding hydrogens is 277 g/mol. The van der Waals surface area contributed by atoms with Gasteiger partial charge in [-0.2, -0.15) is 4.98 Å². The van der Waals surface area contributed by atoms with E-state index in [-0.39, 0.29) is 23.2 Å². The Morgan fingerprint density at radius 1 is 1.10 bits per heavy atom.